The van der Waals surface area contributed by atoms with E-state index in [4.69, 9.17) is 0 Å². The van der Waals surface area contributed by atoms with Crippen molar-refractivity contribution < 1.29 is 0 Å². The highest BCUT2D eigenvalue weighted by molar-refractivity contribution is 9.13. The highest BCUT2D eigenvalue weighted by Gasteiger charge is 2.26. The molecule has 0 unspecified atom stereocenters. The first-order chi connectivity index (χ1) is 9.19. The Morgan fingerprint density at radius 1 is 0.947 bits per heavy atom. The van der Waals surface area contributed by atoms with Gasteiger partial charge in [0.15, 0.2) is 0 Å². The smallest absolute Gasteiger partial charge is 0.0401 e. The van der Waals surface area contributed by atoms with Crippen LogP contribution in [0.5, 0.6) is 0 Å². The zero-order valence-corrected chi connectivity index (χ0v) is 14.4. The fourth-order valence-electron chi connectivity index (χ4n) is 3.22. The second-order valence-corrected chi connectivity index (χ2v) is 6.57. The van der Waals surface area contributed by atoms with Gasteiger partial charge in [0.05, 0.1) is 0 Å². The lowest BCUT2D eigenvalue weighted by Crippen LogP contribution is -2.00. The van der Waals surface area contributed by atoms with Crippen molar-refractivity contribution in [1.82, 2.24) is 0 Å². The Morgan fingerprint density at radius 2 is 1.63 bits per heavy atom. The summed E-state index contributed by atoms with van der Waals surface area (Å²) in [5.41, 5.74) is 8.76. The molecule has 0 bridgehead atoms. The summed E-state index contributed by atoms with van der Waals surface area (Å²) in [7, 11) is 0. The topological polar surface area (TPSA) is 0 Å². The van der Waals surface area contributed by atoms with E-state index in [1.165, 1.54) is 42.3 Å². The molecule has 0 atom stereocenters. The van der Waals surface area contributed by atoms with Crippen LogP contribution >= 0.6 is 31.9 Å². The molecule has 0 aromatic heterocycles. The molecule has 98 valence electrons. The number of halogens is 2. The summed E-state index contributed by atoms with van der Waals surface area (Å²) < 4.78 is 2.46. The van der Waals surface area contributed by atoms with Gasteiger partial charge >= 0.3 is 0 Å². The van der Waals surface area contributed by atoms with E-state index in [2.05, 4.69) is 70.0 Å². The molecule has 0 amide bonds. The molecule has 0 fully saturated rings. The summed E-state index contributed by atoms with van der Waals surface area (Å²) in [5, 5.41) is 0. The maximum Gasteiger partial charge on any atom is 0.0401 e. The maximum absolute atomic E-state index is 3.81. The lowest BCUT2D eigenvalue weighted by Gasteiger charge is -2.17. The molecule has 0 aliphatic heterocycles. The second kappa shape index (κ2) is 5.06. The van der Waals surface area contributed by atoms with E-state index < -0.39 is 0 Å². The van der Waals surface area contributed by atoms with Crippen LogP contribution in [0.15, 0.2) is 33.2 Å². The SMILES string of the molecule is CCc1c(Br)c(Br)c2c(c1CC)Cc1ccccc1-2. The van der Waals surface area contributed by atoms with Gasteiger partial charge < -0.3 is 0 Å². The van der Waals surface area contributed by atoms with Gasteiger partial charge in [0.1, 0.15) is 0 Å². The van der Waals surface area contributed by atoms with Crippen molar-refractivity contribution >= 4 is 31.9 Å². The number of rotatable bonds is 2. The first-order valence-corrected chi connectivity index (χ1v) is 8.37. The van der Waals surface area contributed by atoms with Gasteiger partial charge in [0.25, 0.3) is 0 Å². The Kier molecular flexibility index (Phi) is 3.57. The maximum atomic E-state index is 3.81. The fraction of sp³-hybridized carbons (Fsp3) is 0.294. The first kappa shape index (κ1) is 13.4. The summed E-state index contributed by atoms with van der Waals surface area (Å²) >= 11 is 7.60. The van der Waals surface area contributed by atoms with E-state index >= 15 is 0 Å². The van der Waals surface area contributed by atoms with Gasteiger partial charge in [-0.15, -0.1) is 0 Å². The number of fused-ring (bicyclic) bond motifs is 3. The van der Waals surface area contributed by atoms with Crippen molar-refractivity contribution in [3.8, 4) is 11.1 Å². The quantitative estimate of drug-likeness (QED) is 0.519. The summed E-state index contributed by atoms with van der Waals surface area (Å²) in [6, 6.07) is 8.76. The van der Waals surface area contributed by atoms with Gasteiger partial charge in [-0.25, -0.2) is 0 Å². The van der Waals surface area contributed by atoms with Crippen molar-refractivity contribution in [2.45, 2.75) is 33.1 Å². The molecule has 2 heteroatoms. The molecule has 2 aromatic rings. The molecule has 0 N–H and O–H groups in total. The Labute approximate surface area is 131 Å². The molecule has 2 aromatic carbocycles. The minimum absolute atomic E-state index is 1.08. The fourth-order valence-corrected chi connectivity index (χ4v) is 4.63. The lowest BCUT2D eigenvalue weighted by molar-refractivity contribution is 0.996. The van der Waals surface area contributed by atoms with E-state index in [0.717, 1.165) is 19.3 Å². The molecule has 3 rings (SSSR count). The van der Waals surface area contributed by atoms with Gasteiger partial charge in [-0.05, 0) is 78.9 Å². The average molecular weight is 380 g/mol. The van der Waals surface area contributed by atoms with E-state index in [-0.39, 0.29) is 0 Å². The molecule has 0 saturated heterocycles. The van der Waals surface area contributed by atoms with Gasteiger partial charge in [-0.2, -0.15) is 0 Å². The third kappa shape index (κ3) is 1.92. The van der Waals surface area contributed by atoms with Crippen LogP contribution in [-0.2, 0) is 19.3 Å². The Balaban J connectivity index is 2.37. The molecule has 0 radical (unpaired) electrons. The molecule has 0 nitrogen and oxygen atoms in total. The summed E-state index contributed by atoms with van der Waals surface area (Å²) in [6.07, 6.45) is 3.25. The van der Waals surface area contributed by atoms with Crippen molar-refractivity contribution in [3.63, 3.8) is 0 Å². The molecule has 19 heavy (non-hydrogen) atoms. The Morgan fingerprint density at radius 3 is 2.32 bits per heavy atom. The zero-order valence-electron chi connectivity index (χ0n) is 11.2. The standard InChI is InChI=1S/C17H16Br2/c1-3-11-12(4-2)16(18)17(19)15-13-8-6-5-7-10(13)9-14(11)15/h5-8H,3-4,9H2,1-2H3. The summed E-state index contributed by atoms with van der Waals surface area (Å²) in [6.45, 7) is 4.50. The molecule has 0 heterocycles. The zero-order chi connectivity index (χ0) is 13.6. The second-order valence-electron chi connectivity index (χ2n) is 4.98. The van der Waals surface area contributed by atoms with E-state index in [1.54, 1.807) is 0 Å². The van der Waals surface area contributed by atoms with Crippen LogP contribution in [0.1, 0.15) is 36.1 Å². The van der Waals surface area contributed by atoms with Crippen LogP contribution in [0.25, 0.3) is 11.1 Å². The molecule has 1 aliphatic rings. The highest BCUT2D eigenvalue weighted by atomic mass is 79.9. The molecular formula is C17H16Br2. The van der Waals surface area contributed by atoms with Crippen molar-refractivity contribution in [2.75, 3.05) is 0 Å². The number of hydrogen-bond donors (Lipinski definition) is 0. The molecule has 0 saturated carbocycles. The third-order valence-corrected chi connectivity index (χ3v) is 6.27. The van der Waals surface area contributed by atoms with Crippen LogP contribution in [0.2, 0.25) is 0 Å². The van der Waals surface area contributed by atoms with E-state index in [0.29, 0.717) is 0 Å². The van der Waals surface area contributed by atoms with Crippen molar-refractivity contribution in [3.05, 3.63) is 55.5 Å². The van der Waals surface area contributed by atoms with Crippen molar-refractivity contribution in [2.24, 2.45) is 0 Å². The Hall–Kier alpha value is -0.600. The van der Waals surface area contributed by atoms with Crippen LogP contribution in [0.3, 0.4) is 0 Å². The largest absolute Gasteiger partial charge is 0.0619 e. The minimum Gasteiger partial charge on any atom is -0.0619 e. The van der Waals surface area contributed by atoms with Crippen LogP contribution < -0.4 is 0 Å². The summed E-state index contributed by atoms with van der Waals surface area (Å²) in [5.74, 6) is 0. The molecule has 0 spiro atoms. The van der Waals surface area contributed by atoms with Crippen molar-refractivity contribution in [1.29, 1.82) is 0 Å². The van der Waals surface area contributed by atoms with Crippen LogP contribution in [0.4, 0.5) is 0 Å². The van der Waals surface area contributed by atoms with Gasteiger partial charge in [-0.3, -0.25) is 0 Å². The normalized spacial score (nSPS) is 12.4. The third-order valence-electron chi connectivity index (χ3n) is 4.07. The monoisotopic (exact) mass is 378 g/mol. The number of benzene rings is 2. The molecular weight excluding hydrogens is 364 g/mol. The predicted molar refractivity (Wildman–Crippen MR) is 88.8 cm³/mol. The first-order valence-electron chi connectivity index (χ1n) is 6.78. The highest BCUT2D eigenvalue weighted by Crippen LogP contribution is 2.47. The minimum atomic E-state index is 1.08. The Bertz CT molecular complexity index is 657. The predicted octanol–water partition coefficient (Wildman–Crippen LogP) is 5.91. The van der Waals surface area contributed by atoms with E-state index in [9.17, 15) is 0 Å². The van der Waals surface area contributed by atoms with Gasteiger partial charge in [0, 0.05) is 14.5 Å². The van der Waals surface area contributed by atoms with Gasteiger partial charge in [0.2, 0.25) is 0 Å². The van der Waals surface area contributed by atoms with Crippen LogP contribution in [-0.4, -0.2) is 0 Å². The number of hydrogen-bond acceptors (Lipinski definition) is 0. The average Bonchev–Trinajstić information content (AvgIpc) is 2.81. The summed E-state index contributed by atoms with van der Waals surface area (Å²) in [4.78, 5) is 0. The van der Waals surface area contributed by atoms with Gasteiger partial charge in [-0.1, -0.05) is 38.1 Å². The molecule has 1 aliphatic carbocycles. The van der Waals surface area contributed by atoms with E-state index in [1.807, 2.05) is 0 Å². The van der Waals surface area contributed by atoms with Crippen LogP contribution in [0, 0.1) is 0 Å². The lowest BCUT2D eigenvalue weighted by atomic mass is 9.93.